The topological polar surface area (TPSA) is 75.6 Å². The summed E-state index contributed by atoms with van der Waals surface area (Å²) in [6, 6.07) is 13.7. The van der Waals surface area contributed by atoms with E-state index in [2.05, 4.69) is 20.4 Å². The molecule has 0 bridgehead atoms. The Labute approximate surface area is 161 Å². The number of aryl methyl sites for hydroxylation is 1. The number of hydrogen-bond donors (Lipinski definition) is 2. The molecule has 0 aliphatic heterocycles. The second kappa shape index (κ2) is 7.74. The van der Waals surface area contributed by atoms with Gasteiger partial charge in [-0.25, -0.2) is 9.07 Å². The van der Waals surface area contributed by atoms with Crippen molar-refractivity contribution < 1.29 is 4.39 Å². The van der Waals surface area contributed by atoms with Gasteiger partial charge in [0.15, 0.2) is 0 Å². The van der Waals surface area contributed by atoms with E-state index in [1.165, 1.54) is 12.1 Å². The SMILES string of the molecule is Cc1nn(-c2ccc(F)cc2)c2[nH]c(=O)c(CNCCc3ccccn3)cc12. The molecule has 0 spiro atoms. The Balaban J connectivity index is 1.54. The van der Waals surface area contributed by atoms with E-state index >= 15 is 0 Å². The van der Waals surface area contributed by atoms with Crippen LogP contribution >= 0.6 is 0 Å². The molecule has 0 aliphatic carbocycles. The number of pyridine rings is 2. The normalized spacial score (nSPS) is 11.2. The molecular formula is C21H20FN5O. The predicted molar refractivity (Wildman–Crippen MR) is 106 cm³/mol. The van der Waals surface area contributed by atoms with Crippen molar-refractivity contribution >= 4 is 11.0 Å². The number of hydrogen-bond acceptors (Lipinski definition) is 4. The Bertz CT molecular complexity index is 1150. The Hall–Kier alpha value is -3.32. The van der Waals surface area contributed by atoms with Gasteiger partial charge < -0.3 is 10.3 Å². The largest absolute Gasteiger partial charge is 0.312 e. The number of aromatic amines is 1. The number of H-pyrrole nitrogens is 1. The van der Waals surface area contributed by atoms with Crippen molar-refractivity contribution in [2.75, 3.05) is 6.54 Å². The van der Waals surface area contributed by atoms with Gasteiger partial charge in [0.05, 0.1) is 11.4 Å². The van der Waals surface area contributed by atoms with E-state index in [0.29, 0.717) is 23.4 Å². The minimum absolute atomic E-state index is 0.166. The minimum Gasteiger partial charge on any atom is -0.312 e. The lowest BCUT2D eigenvalue weighted by Crippen LogP contribution is -2.23. The first-order valence-corrected chi connectivity index (χ1v) is 9.10. The van der Waals surface area contributed by atoms with Gasteiger partial charge in [0.1, 0.15) is 11.5 Å². The number of halogens is 1. The monoisotopic (exact) mass is 377 g/mol. The molecule has 0 atom stereocenters. The zero-order valence-electron chi connectivity index (χ0n) is 15.4. The predicted octanol–water partition coefficient (Wildman–Crippen LogP) is 2.89. The number of nitrogens with zero attached hydrogens (tertiary/aromatic N) is 3. The van der Waals surface area contributed by atoms with Crippen LogP contribution in [0.4, 0.5) is 4.39 Å². The van der Waals surface area contributed by atoms with Gasteiger partial charge in [-0.2, -0.15) is 5.10 Å². The lowest BCUT2D eigenvalue weighted by atomic mass is 10.2. The van der Waals surface area contributed by atoms with Gasteiger partial charge in [-0.3, -0.25) is 9.78 Å². The molecule has 28 heavy (non-hydrogen) atoms. The van der Waals surface area contributed by atoms with E-state index in [1.54, 1.807) is 23.0 Å². The molecular weight excluding hydrogens is 357 g/mol. The fraction of sp³-hybridized carbons (Fsp3) is 0.190. The molecule has 3 heterocycles. The van der Waals surface area contributed by atoms with Crippen LogP contribution in [0.25, 0.3) is 16.7 Å². The highest BCUT2D eigenvalue weighted by molar-refractivity contribution is 5.80. The average molecular weight is 377 g/mol. The molecule has 7 heteroatoms. The Morgan fingerprint density at radius 1 is 1.18 bits per heavy atom. The van der Waals surface area contributed by atoms with Crippen molar-refractivity contribution in [1.29, 1.82) is 0 Å². The Morgan fingerprint density at radius 3 is 2.75 bits per heavy atom. The highest BCUT2D eigenvalue weighted by Gasteiger charge is 2.13. The molecule has 1 aromatic carbocycles. The molecule has 4 rings (SSSR count). The third kappa shape index (κ3) is 3.70. The quantitative estimate of drug-likeness (QED) is 0.507. The fourth-order valence-corrected chi connectivity index (χ4v) is 3.15. The van der Waals surface area contributed by atoms with Crippen molar-refractivity contribution in [3.8, 4) is 5.69 Å². The van der Waals surface area contributed by atoms with E-state index in [9.17, 15) is 9.18 Å². The van der Waals surface area contributed by atoms with Crippen LogP contribution in [-0.2, 0) is 13.0 Å². The van der Waals surface area contributed by atoms with Gasteiger partial charge in [-0.05, 0) is 49.4 Å². The maximum Gasteiger partial charge on any atom is 0.254 e. The standard InChI is InChI=1S/C21H20FN5O/c1-14-19-12-15(13-23-11-9-17-4-2-3-10-24-17)21(28)25-20(19)27(26-14)18-7-5-16(22)6-8-18/h2-8,10,12,23H,9,11,13H2,1H3,(H,25,28). The van der Waals surface area contributed by atoms with Crippen LogP contribution in [-0.4, -0.2) is 26.3 Å². The van der Waals surface area contributed by atoms with Crippen molar-refractivity contribution in [1.82, 2.24) is 25.1 Å². The van der Waals surface area contributed by atoms with Crippen LogP contribution in [0.5, 0.6) is 0 Å². The summed E-state index contributed by atoms with van der Waals surface area (Å²) in [5.74, 6) is -0.315. The first kappa shape index (κ1) is 18.1. The number of nitrogens with one attached hydrogen (secondary N) is 2. The molecule has 142 valence electrons. The molecule has 6 nitrogen and oxygen atoms in total. The smallest absolute Gasteiger partial charge is 0.254 e. The second-order valence-electron chi connectivity index (χ2n) is 6.61. The summed E-state index contributed by atoms with van der Waals surface area (Å²) in [4.78, 5) is 19.7. The Morgan fingerprint density at radius 2 is 2.00 bits per heavy atom. The van der Waals surface area contributed by atoms with Crippen molar-refractivity contribution in [2.24, 2.45) is 0 Å². The lowest BCUT2D eigenvalue weighted by molar-refractivity contribution is 0.627. The zero-order valence-corrected chi connectivity index (χ0v) is 15.4. The molecule has 0 unspecified atom stereocenters. The van der Waals surface area contributed by atoms with Crippen LogP contribution in [0.1, 0.15) is 17.0 Å². The lowest BCUT2D eigenvalue weighted by Gasteiger charge is -2.06. The van der Waals surface area contributed by atoms with Gasteiger partial charge >= 0.3 is 0 Å². The molecule has 4 aromatic rings. The van der Waals surface area contributed by atoms with E-state index in [4.69, 9.17) is 0 Å². The highest BCUT2D eigenvalue weighted by atomic mass is 19.1. The molecule has 0 aliphatic rings. The van der Waals surface area contributed by atoms with E-state index in [1.807, 2.05) is 31.2 Å². The number of benzene rings is 1. The molecule has 2 N–H and O–H groups in total. The molecule has 0 amide bonds. The molecule has 0 radical (unpaired) electrons. The summed E-state index contributed by atoms with van der Waals surface area (Å²) in [7, 11) is 0. The van der Waals surface area contributed by atoms with Gasteiger partial charge in [0, 0.05) is 42.4 Å². The summed E-state index contributed by atoms with van der Waals surface area (Å²) in [5, 5.41) is 8.66. The Kier molecular flexibility index (Phi) is 4.99. The fourth-order valence-electron chi connectivity index (χ4n) is 3.15. The first-order chi connectivity index (χ1) is 13.6. The third-order valence-corrected chi connectivity index (χ3v) is 4.62. The summed E-state index contributed by atoms with van der Waals surface area (Å²) >= 11 is 0. The summed E-state index contributed by atoms with van der Waals surface area (Å²) in [6.07, 6.45) is 2.57. The summed E-state index contributed by atoms with van der Waals surface area (Å²) < 4.78 is 14.8. The highest BCUT2D eigenvalue weighted by Crippen LogP contribution is 2.20. The summed E-state index contributed by atoms with van der Waals surface area (Å²) in [6.45, 7) is 3.07. The number of rotatable bonds is 6. The maximum atomic E-state index is 13.2. The molecule has 0 saturated carbocycles. The van der Waals surface area contributed by atoms with Gasteiger partial charge in [-0.1, -0.05) is 6.07 Å². The average Bonchev–Trinajstić information content (AvgIpc) is 3.02. The van der Waals surface area contributed by atoms with Crippen LogP contribution in [0.15, 0.2) is 59.5 Å². The van der Waals surface area contributed by atoms with E-state index in [-0.39, 0.29) is 11.4 Å². The molecule has 3 aromatic heterocycles. The van der Waals surface area contributed by atoms with E-state index < -0.39 is 0 Å². The van der Waals surface area contributed by atoms with Crippen LogP contribution in [0.3, 0.4) is 0 Å². The van der Waals surface area contributed by atoms with Crippen molar-refractivity contribution in [2.45, 2.75) is 19.9 Å². The van der Waals surface area contributed by atoms with Crippen LogP contribution in [0.2, 0.25) is 0 Å². The third-order valence-electron chi connectivity index (χ3n) is 4.62. The van der Waals surface area contributed by atoms with Crippen LogP contribution < -0.4 is 10.9 Å². The van der Waals surface area contributed by atoms with Gasteiger partial charge in [0.25, 0.3) is 5.56 Å². The molecule has 0 saturated heterocycles. The summed E-state index contributed by atoms with van der Waals surface area (Å²) in [5.41, 5.74) is 3.58. The van der Waals surface area contributed by atoms with E-state index in [0.717, 1.165) is 29.7 Å². The zero-order chi connectivity index (χ0) is 19.5. The maximum absolute atomic E-state index is 13.2. The van der Waals surface area contributed by atoms with Crippen LogP contribution in [0, 0.1) is 12.7 Å². The first-order valence-electron chi connectivity index (χ1n) is 9.10. The van der Waals surface area contributed by atoms with Crippen molar-refractivity contribution in [3.63, 3.8) is 0 Å². The number of aromatic nitrogens is 4. The molecule has 0 fully saturated rings. The number of fused-ring (bicyclic) bond motifs is 1. The minimum atomic E-state index is -0.315. The van der Waals surface area contributed by atoms with Gasteiger partial charge in [0.2, 0.25) is 0 Å². The van der Waals surface area contributed by atoms with Crippen molar-refractivity contribution in [3.05, 3.63) is 87.9 Å². The second-order valence-corrected chi connectivity index (χ2v) is 6.61. The van der Waals surface area contributed by atoms with Gasteiger partial charge in [-0.15, -0.1) is 0 Å².